The summed E-state index contributed by atoms with van der Waals surface area (Å²) in [7, 11) is 0. The Labute approximate surface area is 57.0 Å². The predicted octanol–water partition coefficient (Wildman–Crippen LogP) is 1.65. The van der Waals surface area contributed by atoms with E-state index in [0.717, 1.165) is 0 Å². The highest BCUT2D eigenvalue weighted by atomic mass is 35.5. The molecule has 0 unspecified atom stereocenters. The predicted molar refractivity (Wildman–Crippen MR) is 34.2 cm³/mol. The third-order valence-electron chi connectivity index (χ3n) is 0.543. The minimum Gasteiger partial charge on any atom is -0.295 e. The van der Waals surface area contributed by atoms with Crippen LogP contribution in [0.3, 0.4) is 0 Å². The van der Waals surface area contributed by atoms with Gasteiger partial charge in [0.25, 0.3) is 0 Å². The van der Waals surface area contributed by atoms with Crippen LogP contribution in [0.2, 0.25) is 0 Å². The summed E-state index contributed by atoms with van der Waals surface area (Å²) in [5, 5.41) is -0.410. The Kier molecular flexibility index (Phi) is 3.88. The van der Waals surface area contributed by atoms with Crippen LogP contribution in [-0.4, -0.2) is 12.5 Å². The van der Waals surface area contributed by atoms with Gasteiger partial charge in [-0.1, -0.05) is 11.6 Å². The zero-order valence-corrected chi connectivity index (χ0v) is 5.52. The van der Waals surface area contributed by atoms with Crippen molar-refractivity contribution in [2.24, 2.45) is 4.99 Å². The highest BCUT2D eigenvalue weighted by molar-refractivity contribution is 6.31. The van der Waals surface area contributed by atoms with E-state index in [9.17, 15) is 9.18 Å². The highest BCUT2D eigenvalue weighted by Crippen LogP contribution is 2.08. The lowest BCUT2D eigenvalue weighted by molar-refractivity contribution is -0.106. The van der Waals surface area contributed by atoms with Gasteiger partial charge in [0.1, 0.15) is 0 Å². The van der Waals surface area contributed by atoms with Crippen molar-refractivity contribution in [1.29, 1.82) is 0 Å². The van der Waals surface area contributed by atoms with Crippen molar-refractivity contribution in [3.05, 3.63) is 11.0 Å². The van der Waals surface area contributed by atoms with Crippen molar-refractivity contribution in [3.8, 4) is 0 Å². The summed E-state index contributed by atoms with van der Waals surface area (Å²) < 4.78 is 12.0. The molecule has 50 valence electrons. The zero-order chi connectivity index (χ0) is 7.28. The van der Waals surface area contributed by atoms with Gasteiger partial charge in [0.05, 0.1) is 0 Å². The summed E-state index contributed by atoms with van der Waals surface area (Å²) in [6, 6.07) is 0. The van der Waals surface area contributed by atoms with Gasteiger partial charge >= 0.3 is 0 Å². The molecule has 0 aromatic rings. The van der Waals surface area contributed by atoms with Gasteiger partial charge in [0.2, 0.25) is 0 Å². The van der Waals surface area contributed by atoms with Crippen LogP contribution in [0.1, 0.15) is 6.92 Å². The largest absolute Gasteiger partial charge is 0.295 e. The molecular formula is C5H5ClFNO. The first kappa shape index (κ1) is 8.30. The Morgan fingerprint density at radius 3 is 2.67 bits per heavy atom. The Morgan fingerprint density at radius 2 is 2.33 bits per heavy atom. The maximum Gasteiger partial charge on any atom is 0.199 e. The quantitative estimate of drug-likeness (QED) is 0.254. The third kappa shape index (κ3) is 2.98. The molecule has 0 bridgehead atoms. The summed E-state index contributed by atoms with van der Waals surface area (Å²) in [6.07, 6.45) is 1.31. The average Bonchev–Trinajstić information content (AvgIpc) is 1.87. The minimum absolute atomic E-state index is 0.00926. The van der Waals surface area contributed by atoms with Gasteiger partial charge in [-0.15, -0.1) is 0 Å². The van der Waals surface area contributed by atoms with Crippen molar-refractivity contribution >= 4 is 24.1 Å². The lowest BCUT2D eigenvalue weighted by atomic mass is 10.6. The molecule has 9 heavy (non-hydrogen) atoms. The van der Waals surface area contributed by atoms with Gasteiger partial charge in [-0.05, 0) is 6.92 Å². The number of hydrogen-bond acceptors (Lipinski definition) is 2. The van der Waals surface area contributed by atoms with Crippen molar-refractivity contribution in [1.82, 2.24) is 0 Å². The van der Waals surface area contributed by atoms with Crippen LogP contribution in [-0.2, 0) is 4.79 Å². The molecule has 0 spiro atoms. The molecule has 0 aliphatic heterocycles. The standard InChI is InChI=1S/C5H5ClFNO/c1-2-8-5(6)4(7)3-9/h2-3H,1H3/b5-4+,8-2-. The maximum atomic E-state index is 12.0. The molecule has 2 nitrogen and oxygen atoms in total. The number of aldehydes is 1. The number of rotatable bonds is 2. The molecule has 0 N–H and O–H groups in total. The smallest absolute Gasteiger partial charge is 0.199 e. The Morgan fingerprint density at radius 1 is 1.78 bits per heavy atom. The molecule has 0 heterocycles. The van der Waals surface area contributed by atoms with Gasteiger partial charge in [0.15, 0.2) is 17.3 Å². The monoisotopic (exact) mass is 149 g/mol. The SMILES string of the molecule is C/C=N\C(Cl)=C(\F)C=O. The topological polar surface area (TPSA) is 29.4 Å². The second-order valence-electron chi connectivity index (χ2n) is 1.14. The molecule has 0 radical (unpaired) electrons. The summed E-state index contributed by atoms with van der Waals surface area (Å²) in [5.41, 5.74) is 0. The summed E-state index contributed by atoms with van der Waals surface area (Å²) >= 11 is 5.11. The zero-order valence-electron chi connectivity index (χ0n) is 4.77. The van der Waals surface area contributed by atoms with Crippen LogP contribution in [0, 0.1) is 0 Å². The van der Waals surface area contributed by atoms with Crippen molar-refractivity contribution in [2.75, 3.05) is 0 Å². The number of aliphatic imine (C=N–C) groups is 1. The number of nitrogens with zero attached hydrogens (tertiary/aromatic N) is 1. The fourth-order valence-corrected chi connectivity index (χ4v) is 0.366. The molecular weight excluding hydrogens is 145 g/mol. The van der Waals surface area contributed by atoms with E-state index in [2.05, 4.69) is 4.99 Å². The van der Waals surface area contributed by atoms with Crippen LogP contribution in [0.15, 0.2) is 16.0 Å². The molecule has 4 heteroatoms. The first-order valence-corrected chi connectivity index (χ1v) is 2.59. The number of hydrogen-bond donors (Lipinski definition) is 0. The van der Waals surface area contributed by atoms with Gasteiger partial charge in [0, 0.05) is 6.21 Å². The Hall–Kier alpha value is -0.700. The molecule has 0 atom stereocenters. The lowest BCUT2D eigenvalue weighted by Crippen LogP contribution is -1.76. The first-order valence-electron chi connectivity index (χ1n) is 2.21. The molecule has 0 aromatic heterocycles. The van der Waals surface area contributed by atoms with Crippen molar-refractivity contribution in [3.63, 3.8) is 0 Å². The van der Waals surface area contributed by atoms with Crippen molar-refractivity contribution < 1.29 is 9.18 Å². The molecule has 0 fully saturated rings. The average molecular weight is 150 g/mol. The minimum atomic E-state index is -1.05. The van der Waals surface area contributed by atoms with Gasteiger partial charge in [-0.2, -0.15) is 4.39 Å². The van der Waals surface area contributed by atoms with E-state index in [-0.39, 0.29) is 6.29 Å². The van der Waals surface area contributed by atoms with Crippen LogP contribution in [0.4, 0.5) is 4.39 Å². The fraction of sp³-hybridized carbons (Fsp3) is 0.200. The van der Waals surface area contributed by atoms with Gasteiger partial charge in [-0.3, -0.25) is 4.79 Å². The highest BCUT2D eigenvalue weighted by Gasteiger charge is 1.96. The van der Waals surface area contributed by atoms with Crippen LogP contribution < -0.4 is 0 Å². The number of carbonyl (C=O) groups is 1. The van der Waals surface area contributed by atoms with E-state index in [0.29, 0.717) is 0 Å². The van der Waals surface area contributed by atoms with Gasteiger partial charge < -0.3 is 0 Å². The van der Waals surface area contributed by atoms with Crippen LogP contribution >= 0.6 is 11.6 Å². The molecule has 0 rings (SSSR count). The summed E-state index contributed by atoms with van der Waals surface area (Å²) in [6.45, 7) is 1.57. The number of halogens is 2. The summed E-state index contributed by atoms with van der Waals surface area (Å²) in [4.78, 5) is 12.9. The van der Waals surface area contributed by atoms with E-state index in [4.69, 9.17) is 11.6 Å². The van der Waals surface area contributed by atoms with Crippen LogP contribution in [0.5, 0.6) is 0 Å². The maximum absolute atomic E-state index is 12.0. The summed E-state index contributed by atoms with van der Waals surface area (Å²) in [5.74, 6) is -1.05. The third-order valence-corrected chi connectivity index (χ3v) is 0.821. The van der Waals surface area contributed by atoms with E-state index in [1.54, 1.807) is 6.92 Å². The van der Waals surface area contributed by atoms with E-state index in [1.165, 1.54) is 6.21 Å². The number of carbonyl (C=O) groups excluding carboxylic acids is 1. The lowest BCUT2D eigenvalue weighted by Gasteiger charge is -1.83. The molecule has 0 amide bonds. The van der Waals surface area contributed by atoms with Gasteiger partial charge in [-0.25, -0.2) is 4.99 Å². The molecule has 0 saturated heterocycles. The van der Waals surface area contributed by atoms with Crippen LogP contribution in [0.25, 0.3) is 0 Å². The molecule has 0 aliphatic carbocycles. The van der Waals surface area contributed by atoms with E-state index >= 15 is 0 Å². The Bertz CT molecular complexity index is 164. The van der Waals surface area contributed by atoms with E-state index < -0.39 is 11.0 Å². The van der Waals surface area contributed by atoms with Crippen molar-refractivity contribution in [2.45, 2.75) is 6.92 Å². The molecule has 0 aromatic carbocycles. The normalized spacial score (nSPS) is 13.7. The molecule has 0 saturated carbocycles. The Balaban J connectivity index is 4.27. The first-order chi connectivity index (χ1) is 4.22. The fourth-order valence-electron chi connectivity index (χ4n) is 0.224. The number of allylic oxidation sites excluding steroid dienone is 1. The second kappa shape index (κ2) is 4.21. The van der Waals surface area contributed by atoms with E-state index in [1.807, 2.05) is 0 Å². The second-order valence-corrected chi connectivity index (χ2v) is 1.50. The molecule has 0 aliphatic rings.